The maximum absolute atomic E-state index is 12.7. The summed E-state index contributed by atoms with van der Waals surface area (Å²) in [6.07, 6.45) is 1.39. The van der Waals surface area contributed by atoms with E-state index in [4.69, 9.17) is 9.15 Å². The number of nitrogens with zero attached hydrogens (tertiary/aromatic N) is 3. The minimum Gasteiger partial charge on any atom is -0.492 e. The van der Waals surface area contributed by atoms with Crippen molar-refractivity contribution in [2.45, 2.75) is 13.5 Å². The number of hydrogen-bond acceptors (Lipinski definition) is 5. The molecule has 7 heteroatoms. The average Bonchev–Trinajstić information content (AvgIpc) is 3.11. The lowest BCUT2D eigenvalue weighted by atomic mass is 10.2. The number of hydrogen-bond donors (Lipinski definition) is 0. The largest absolute Gasteiger partial charge is 0.492 e. The molecule has 0 N–H and O–H groups in total. The van der Waals surface area contributed by atoms with Crippen LogP contribution in [0.2, 0.25) is 0 Å². The van der Waals surface area contributed by atoms with Gasteiger partial charge in [-0.1, -0.05) is 29.8 Å². The molecule has 2 heterocycles. The minimum atomic E-state index is -0.371. The van der Waals surface area contributed by atoms with Crippen LogP contribution in [0, 0.1) is 6.92 Å². The number of carbonyl (C=O) groups excluding carboxylic acids is 1. The molecule has 0 saturated carbocycles. The van der Waals surface area contributed by atoms with Crippen molar-refractivity contribution in [1.29, 1.82) is 0 Å². The van der Waals surface area contributed by atoms with E-state index in [-0.39, 0.29) is 23.6 Å². The third-order valence-corrected chi connectivity index (χ3v) is 4.80. The first kappa shape index (κ1) is 18.7. The Morgan fingerprint density at radius 2 is 1.93 bits per heavy atom. The Morgan fingerprint density at radius 3 is 2.72 bits per heavy atom. The number of aryl methyl sites for hydroxylation is 1. The zero-order valence-corrected chi connectivity index (χ0v) is 16.3. The number of fused-ring (bicyclic) bond motifs is 3. The summed E-state index contributed by atoms with van der Waals surface area (Å²) in [5, 5.41) is 0.781. The van der Waals surface area contributed by atoms with Gasteiger partial charge in [-0.3, -0.25) is 14.2 Å². The molecule has 148 valence electrons. The molecule has 29 heavy (non-hydrogen) atoms. The van der Waals surface area contributed by atoms with Crippen LogP contribution in [0.3, 0.4) is 0 Å². The van der Waals surface area contributed by atoms with Crippen molar-refractivity contribution >= 4 is 28.0 Å². The van der Waals surface area contributed by atoms with Gasteiger partial charge in [0.1, 0.15) is 30.0 Å². The van der Waals surface area contributed by atoms with Crippen molar-refractivity contribution < 1.29 is 13.9 Å². The molecule has 0 aliphatic rings. The molecule has 0 bridgehead atoms. The van der Waals surface area contributed by atoms with Gasteiger partial charge in [-0.25, -0.2) is 4.98 Å². The number of benzene rings is 2. The first-order valence-corrected chi connectivity index (χ1v) is 9.33. The van der Waals surface area contributed by atoms with E-state index in [1.54, 1.807) is 13.1 Å². The summed E-state index contributed by atoms with van der Waals surface area (Å²) in [5.74, 6) is 0.545. The van der Waals surface area contributed by atoms with E-state index in [0.717, 1.165) is 16.7 Å². The lowest BCUT2D eigenvalue weighted by Gasteiger charge is -2.18. The summed E-state index contributed by atoms with van der Waals surface area (Å²) in [6, 6.07) is 15.1. The molecule has 0 atom stereocenters. The number of rotatable bonds is 6. The minimum absolute atomic E-state index is 0.111. The normalized spacial score (nSPS) is 11.1. The maximum atomic E-state index is 12.7. The third-order valence-electron chi connectivity index (χ3n) is 4.80. The lowest BCUT2D eigenvalue weighted by molar-refractivity contribution is -0.130. The zero-order valence-electron chi connectivity index (χ0n) is 16.3. The number of aromatic nitrogens is 2. The van der Waals surface area contributed by atoms with E-state index in [1.807, 2.05) is 49.4 Å². The topological polar surface area (TPSA) is 77.6 Å². The molecule has 2 aromatic heterocycles. The molecule has 0 spiro atoms. The van der Waals surface area contributed by atoms with Gasteiger partial charge in [0.2, 0.25) is 11.5 Å². The first-order chi connectivity index (χ1) is 14.0. The second-order valence-electron chi connectivity index (χ2n) is 6.93. The van der Waals surface area contributed by atoms with Crippen molar-refractivity contribution in [3.05, 3.63) is 70.8 Å². The van der Waals surface area contributed by atoms with Crippen molar-refractivity contribution in [2.75, 3.05) is 20.2 Å². The van der Waals surface area contributed by atoms with Crippen LogP contribution in [-0.4, -0.2) is 40.6 Å². The standard InChI is InChI=1S/C22H21N3O4/c1-15-7-9-16(10-8-15)28-12-11-24(2)19(26)13-25-14-23-20-17-5-3-4-6-18(17)29-21(20)22(25)27/h3-10,14H,11-13H2,1-2H3. The molecule has 4 aromatic rings. The predicted octanol–water partition coefficient (Wildman–Crippen LogP) is 2.99. The monoisotopic (exact) mass is 391 g/mol. The van der Waals surface area contributed by atoms with Crippen LogP contribution in [-0.2, 0) is 11.3 Å². The number of para-hydroxylation sites is 1. The van der Waals surface area contributed by atoms with Crippen LogP contribution in [0.4, 0.5) is 0 Å². The third kappa shape index (κ3) is 3.85. The van der Waals surface area contributed by atoms with Crippen molar-refractivity contribution in [2.24, 2.45) is 0 Å². The molecule has 0 unspecified atom stereocenters. The SMILES string of the molecule is Cc1ccc(OCCN(C)C(=O)Cn2cnc3c(oc4ccccc43)c2=O)cc1. The summed E-state index contributed by atoms with van der Waals surface area (Å²) < 4.78 is 12.6. The molecule has 0 aliphatic heterocycles. The number of furan rings is 1. The highest BCUT2D eigenvalue weighted by atomic mass is 16.5. The Labute approximate surface area is 167 Å². The fourth-order valence-corrected chi connectivity index (χ4v) is 3.05. The summed E-state index contributed by atoms with van der Waals surface area (Å²) in [4.78, 5) is 31.1. The van der Waals surface area contributed by atoms with Crippen molar-refractivity contribution in [1.82, 2.24) is 14.5 Å². The van der Waals surface area contributed by atoms with Gasteiger partial charge in [0.05, 0.1) is 12.9 Å². The Bertz CT molecular complexity index is 1220. The molecule has 0 fully saturated rings. The number of carbonyl (C=O) groups is 1. The Hall–Kier alpha value is -3.61. The van der Waals surface area contributed by atoms with E-state index in [1.165, 1.54) is 15.8 Å². The van der Waals surface area contributed by atoms with E-state index >= 15 is 0 Å². The predicted molar refractivity (Wildman–Crippen MR) is 110 cm³/mol. The Balaban J connectivity index is 1.42. The second kappa shape index (κ2) is 7.79. The average molecular weight is 391 g/mol. The van der Waals surface area contributed by atoms with Gasteiger partial charge in [-0.05, 0) is 31.2 Å². The quantitative estimate of drug-likeness (QED) is 0.505. The van der Waals surface area contributed by atoms with Crippen LogP contribution in [0.15, 0.2) is 64.1 Å². The highest BCUT2D eigenvalue weighted by molar-refractivity contribution is 6.01. The molecule has 0 saturated heterocycles. The second-order valence-corrected chi connectivity index (χ2v) is 6.93. The first-order valence-electron chi connectivity index (χ1n) is 9.33. The van der Waals surface area contributed by atoms with E-state index in [2.05, 4.69) is 4.98 Å². The van der Waals surface area contributed by atoms with Gasteiger partial charge in [-0.15, -0.1) is 0 Å². The van der Waals surface area contributed by atoms with Gasteiger partial charge in [-0.2, -0.15) is 0 Å². The molecule has 1 amide bonds. The van der Waals surface area contributed by atoms with E-state index in [9.17, 15) is 9.59 Å². The summed E-state index contributed by atoms with van der Waals surface area (Å²) in [7, 11) is 1.68. The highest BCUT2D eigenvalue weighted by Gasteiger charge is 2.16. The highest BCUT2D eigenvalue weighted by Crippen LogP contribution is 2.24. The number of likely N-dealkylation sites (N-methyl/N-ethyl adjacent to an activating group) is 1. The molecule has 0 aliphatic carbocycles. The zero-order chi connectivity index (χ0) is 20.4. The van der Waals surface area contributed by atoms with Gasteiger partial charge in [0, 0.05) is 12.4 Å². The van der Waals surface area contributed by atoms with Gasteiger partial charge < -0.3 is 14.1 Å². The molecule has 0 radical (unpaired) electrons. The summed E-state index contributed by atoms with van der Waals surface area (Å²) in [6.45, 7) is 2.67. The van der Waals surface area contributed by atoms with Crippen LogP contribution in [0.5, 0.6) is 5.75 Å². The molecule has 4 rings (SSSR count). The summed E-state index contributed by atoms with van der Waals surface area (Å²) >= 11 is 0. The van der Waals surface area contributed by atoms with Crippen LogP contribution >= 0.6 is 0 Å². The van der Waals surface area contributed by atoms with E-state index in [0.29, 0.717) is 24.3 Å². The maximum Gasteiger partial charge on any atom is 0.297 e. The van der Waals surface area contributed by atoms with Crippen molar-refractivity contribution in [3.8, 4) is 5.75 Å². The Kier molecular flexibility index (Phi) is 5.03. The van der Waals surface area contributed by atoms with Crippen molar-refractivity contribution in [3.63, 3.8) is 0 Å². The summed E-state index contributed by atoms with van der Waals surface area (Å²) in [5.41, 5.74) is 2.05. The van der Waals surface area contributed by atoms with Crippen LogP contribution < -0.4 is 10.3 Å². The number of ether oxygens (including phenoxy) is 1. The van der Waals surface area contributed by atoms with Crippen LogP contribution in [0.25, 0.3) is 22.1 Å². The molecule has 2 aromatic carbocycles. The van der Waals surface area contributed by atoms with E-state index < -0.39 is 0 Å². The van der Waals surface area contributed by atoms with Crippen LogP contribution in [0.1, 0.15) is 5.56 Å². The van der Waals surface area contributed by atoms with Gasteiger partial charge >= 0.3 is 0 Å². The van der Waals surface area contributed by atoms with Gasteiger partial charge in [0.25, 0.3) is 5.56 Å². The Morgan fingerprint density at radius 1 is 1.17 bits per heavy atom. The fraction of sp³-hybridized carbons (Fsp3) is 0.227. The smallest absolute Gasteiger partial charge is 0.297 e. The fourth-order valence-electron chi connectivity index (χ4n) is 3.05. The molecular weight excluding hydrogens is 370 g/mol. The lowest BCUT2D eigenvalue weighted by Crippen LogP contribution is -2.36. The molecule has 7 nitrogen and oxygen atoms in total. The van der Waals surface area contributed by atoms with Gasteiger partial charge in [0.15, 0.2) is 0 Å². The number of amides is 1. The molecular formula is C22H21N3O4.